The van der Waals surface area contributed by atoms with Gasteiger partial charge in [0.1, 0.15) is 17.5 Å². The van der Waals surface area contributed by atoms with Gasteiger partial charge >= 0.3 is 5.69 Å². The van der Waals surface area contributed by atoms with E-state index in [2.05, 4.69) is 4.98 Å². The van der Waals surface area contributed by atoms with E-state index in [0.29, 0.717) is 11.3 Å². The smallest absolute Gasteiger partial charge is 0.314 e. The Morgan fingerprint density at radius 1 is 1.37 bits per heavy atom. The molecular weight excluding hydrogens is 246 g/mol. The molecule has 0 atom stereocenters. The summed E-state index contributed by atoms with van der Waals surface area (Å²) in [6, 6.07) is 9.74. The highest BCUT2D eigenvalue weighted by molar-refractivity contribution is 5.53. The molecule has 0 aliphatic carbocycles. The van der Waals surface area contributed by atoms with Gasteiger partial charge in [0, 0.05) is 5.56 Å². The monoisotopic (exact) mass is 255 g/mol. The molecule has 0 saturated heterocycles. The second-order valence-electron chi connectivity index (χ2n) is 3.77. The molecule has 0 spiro atoms. The van der Waals surface area contributed by atoms with Crippen LogP contribution in [0.5, 0.6) is 11.5 Å². The number of rotatable bonds is 3. The number of hydrogen-bond donors (Lipinski definition) is 0. The van der Waals surface area contributed by atoms with Gasteiger partial charge in [-0.15, -0.1) is 0 Å². The topological polar surface area (TPSA) is 89.0 Å². The number of aromatic nitrogens is 1. The van der Waals surface area contributed by atoms with E-state index in [1.54, 1.807) is 19.1 Å². The molecule has 1 aromatic heterocycles. The Morgan fingerprint density at radius 2 is 2.16 bits per heavy atom. The number of para-hydroxylation sites is 1. The minimum absolute atomic E-state index is 0.0770. The molecule has 2 rings (SSSR count). The lowest BCUT2D eigenvalue weighted by molar-refractivity contribution is -0.386. The molecule has 0 radical (unpaired) electrons. The van der Waals surface area contributed by atoms with Crippen LogP contribution in [0.2, 0.25) is 0 Å². The Balaban J connectivity index is 2.35. The number of nitriles is 1. The first-order valence-electron chi connectivity index (χ1n) is 5.40. The van der Waals surface area contributed by atoms with E-state index in [1.165, 1.54) is 24.4 Å². The van der Waals surface area contributed by atoms with Crippen LogP contribution in [0.4, 0.5) is 5.69 Å². The summed E-state index contributed by atoms with van der Waals surface area (Å²) in [6.45, 7) is 1.64. The molecule has 94 valence electrons. The van der Waals surface area contributed by atoms with Crippen molar-refractivity contribution in [1.29, 1.82) is 5.26 Å². The molecule has 0 bridgehead atoms. The van der Waals surface area contributed by atoms with Crippen LogP contribution in [-0.4, -0.2) is 9.91 Å². The fourth-order valence-electron chi connectivity index (χ4n) is 1.58. The molecule has 0 aliphatic heterocycles. The molecule has 6 nitrogen and oxygen atoms in total. The molecule has 0 saturated carbocycles. The Kier molecular flexibility index (Phi) is 3.39. The van der Waals surface area contributed by atoms with Gasteiger partial charge in [-0.3, -0.25) is 10.1 Å². The quantitative estimate of drug-likeness (QED) is 0.621. The molecule has 0 N–H and O–H groups in total. The number of benzene rings is 1. The van der Waals surface area contributed by atoms with Crippen LogP contribution in [-0.2, 0) is 0 Å². The summed E-state index contributed by atoms with van der Waals surface area (Å²) >= 11 is 0. The van der Waals surface area contributed by atoms with Crippen LogP contribution in [0.1, 0.15) is 11.3 Å². The number of ether oxygens (including phenoxy) is 1. The van der Waals surface area contributed by atoms with E-state index >= 15 is 0 Å². The van der Waals surface area contributed by atoms with Gasteiger partial charge in [0.2, 0.25) is 5.75 Å². The van der Waals surface area contributed by atoms with Crippen LogP contribution in [0.25, 0.3) is 0 Å². The van der Waals surface area contributed by atoms with Crippen molar-refractivity contribution in [2.24, 2.45) is 0 Å². The third-order valence-electron chi connectivity index (χ3n) is 2.46. The summed E-state index contributed by atoms with van der Waals surface area (Å²) in [5, 5.41) is 19.6. The summed E-state index contributed by atoms with van der Waals surface area (Å²) < 4.78 is 5.44. The zero-order valence-electron chi connectivity index (χ0n) is 10.0. The van der Waals surface area contributed by atoms with Gasteiger partial charge in [-0.1, -0.05) is 12.1 Å². The van der Waals surface area contributed by atoms with Gasteiger partial charge in [-0.2, -0.15) is 5.26 Å². The molecule has 2 aromatic rings. The van der Waals surface area contributed by atoms with Crippen LogP contribution in [0.3, 0.4) is 0 Å². The van der Waals surface area contributed by atoms with Crippen LogP contribution in [0.15, 0.2) is 36.5 Å². The maximum Gasteiger partial charge on any atom is 0.314 e. The highest BCUT2D eigenvalue weighted by Crippen LogP contribution is 2.33. The molecular formula is C13H9N3O3. The zero-order chi connectivity index (χ0) is 13.8. The van der Waals surface area contributed by atoms with Gasteiger partial charge in [-0.25, -0.2) is 4.98 Å². The van der Waals surface area contributed by atoms with E-state index in [-0.39, 0.29) is 17.1 Å². The van der Waals surface area contributed by atoms with Gasteiger partial charge in [0.25, 0.3) is 0 Å². The van der Waals surface area contributed by atoms with Crippen molar-refractivity contribution < 1.29 is 9.66 Å². The third-order valence-corrected chi connectivity index (χ3v) is 2.46. The van der Waals surface area contributed by atoms with Crippen molar-refractivity contribution in [3.63, 3.8) is 0 Å². The molecule has 1 heterocycles. The summed E-state index contributed by atoms with van der Waals surface area (Å²) in [5.74, 6) is 0.490. The standard InChI is InChI=1S/C13H9N3O3/c1-9-3-2-4-12(13(9)16(17)18)19-11-6-5-10(7-14)15-8-11/h2-6,8H,1H3. The summed E-state index contributed by atoms with van der Waals surface area (Å²) in [4.78, 5) is 14.4. The van der Waals surface area contributed by atoms with Crippen molar-refractivity contribution in [2.45, 2.75) is 6.92 Å². The number of hydrogen-bond acceptors (Lipinski definition) is 5. The molecule has 1 aromatic carbocycles. The van der Waals surface area contributed by atoms with Crippen molar-refractivity contribution >= 4 is 5.69 Å². The van der Waals surface area contributed by atoms with E-state index in [0.717, 1.165) is 0 Å². The normalized spacial score (nSPS) is 9.68. The van der Waals surface area contributed by atoms with Gasteiger partial charge in [0.15, 0.2) is 0 Å². The molecule has 0 aliphatic rings. The second-order valence-corrected chi connectivity index (χ2v) is 3.77. The van der Waals surface area contributed by atoms with E-state index < -0.39 is 4.92 Å². The van der Waals surface area contributed by atoms with E-state index in [9.17, 15) is 10.1 Å². The number of nitrogens with zero attached hydrogens (tertiary/aromatic N) is 3. The first-order valence-corrected chi connectivity index (χ1v) is 5.40. The summed E-state index contributed by atoms with van der Waals surface area (Å²) in [7, 11) is 0. The maximum atomic E-state index is 11.0. The highest BCUT2D eigenvalue weighted by Gasteiger charge is 2.18. The van der Waals surface area contributed by atoms with Crippen molar-refractivity contribution in [3.8, 4) is 17.6 Å². The van der Waals surface area contributed by atoms with Crippen molar-refractivity contribution in [2.75, 3.05) is 0 Å². The fraction of sp³-hybridized carbons (Fsp3) is 0.0769. The average Bonchev–Trinajstić information content (AvgIpc) is 2.39. The Hall–Kier alpha value is -2.94. The minimum atomic E-state index is -0.484. The number of nitro benzene ring substituents is 1. The molecule has 6 heteroatoms. The lowest BCUT2D eigenvalue weighted by Gasteiger charge is -2.07. The average molecular weight is 255 g/mol. The molecule has 0 fully saturated rings. The van der Waals surface area contributed by atoms with E-state index in [1.807, 2.05) is 6.07 Å². The lowest BCUT2D eigenvalue weighted by Crippen LogP contribution is -1.96. The Labute approximate surface area is 109 Å². The highest BCUT2D eigenvalue weighted by atomic mass is 16.6. The van der Waals surface area contributed by atoms with E-state index in [4.69, 9.17) is 10.00 Å². The molecule has 0 unspecified atom stereocenters. The molecule has 19 heavy (non-hydrogen) atoms. The van der Waals surface area contributed by atoms with Gasteiger partial charge < -0.3 is 4.74 Å². The Bertz CT molecular complexity index is 660. The predicted octanol–water partition coefficient (Wildman–Crippen LogP) is 2.96. The van der Waals surface area contributed by atoms with Crippen molar-refractivity contribution in [1.82, 2.24) is 4.98 Å². The lowest BCUT2D eigenvalue weighted by atomic mass is 10.2. The molecule has 0 amide bonds. The van der Waals surface area contributed by atoms with Gasteiger partial charge in [-0.05, 0) is 25.1 Å². The third kappa shape index (κ3) is 2.66. The van der Waals surface area contributed by atoms with Crippen molar-refractivity contribution in [3.05, 3.63) is 57.9 Å². The van der Waals surface area contributed by atoms with Gasteiger partial charge in [0.05, 0.1) is 11.1 Å². The summed E-state index contributed by atoms with van der Waals surface area (Å²) in [6.07, 6.45) is 1.35. The predicted molar refractivity (Wildman–Crippen MR) is 66.9 cm³/mol. The summed E-state index contributed by atoms with van der Waals surface area (Å²) in [5.41, 5.74) is 0.696. The number of nitro groups is 1. The SMILES string of the molecule is Cc1cccc(Oc2ccc(C#N)nc2)c1[N+](=O)[O-]. The first-order chi connectivity index (χ1) is 9.11. The largest absolute Gasteiger partial charge is 0.448 e. The second kappa shape index (κ2) is 5.14. The number of aryl methyl sites for hydroxylation is 1. The number of pyridine rings is 1. The van der Waals surface area contributed by atoms with Crippen LogP contribution < -0.4 is 4.74 Å². The zero-order valence-corrected chi connectivity index (χ0v) is 10.0. The maximum absolute atomic E-state index is 11.0. The minimum Gasteiger partial charge on any atom is -0.448 e. The first kappa shape index (κ1) is 12.5. The Morgan fingerprint density at radius 3 is 2.74 bits per heavy atom. The van der Waals surface area contributed by atoms with Crippen LogP contribution in [0, 0.1) is 28.4 Å². The fourth-order valence-corrected chi connectivity index (χ4v) is 1.58. The van der Waals surface area contributed by atoms with Crippen LogP contribution >= 0.6 is 0 Å².